The molecule has 0 saturated carbocycles. The zero-order valence-electron chi connectivity index (χ0n) is 18.8. The minimum atomic E-state index is 0.0766. The predicted octanol–water partition coefficient (Wildman–Crippen LogP) is 4.01. The van der Waals surface area contributed by atoms with Crippen LogP contribution in [0.1, 0.15) is 33.5 Å². The summed E-state index contributed by atoms with van der Waals surface area (Å²) in [6.07, 6.45) is 4.08. The molecule has 2 heterocycles. The van der Waals surface area contributed by atoms with Crippen molar-refractivity contribution >= 4 is 16.8 Å². The molecule has 1 aliphatic heterocycles. The maximum absolute atomic E-state index is 12.8. The lowest BCUT2D eigenvalue weighted by Crippen LogP contribution is -2.29. The fourth-order valence-electron chi connectivity index (χ4n) is 4.33. The fourth-order valence-corrected chi connectivity index (χ4v) is 4.33. The quantitative estimate of drug-likeness (QED) is 0.567. The molecule has 2 aromatic carbocycles. The molecule has 1 amide bonds. The second-order valence-corrected chi connectivity index (χ2v) is 8.36. The molecule has 0 bridgehead atoms. The van der Waals surface area contributed by atoms with Crippen LogP contribution in [0.2, 0.25) is 0 Å². The highest BCUT2D eigenvalue weighted by Crippen LogP contribution is 2.34. The Hall–Kier alpha value is -2.99. The lowest BCUT2D eigenvalue weighted by molar-refractivity contribution is 0.0772. The van der Waals surface area contributed by atoms with Crippen LogP contribution < -0.4 is 9.47 Å². The van der Waals surface area contributed by atoms with E-state index in [-0.39, 0.29) is 5.91 Å². The minimum Gasteiger partial charge on any atom is -0.493 e. The number of aromatic amines is 1. The van der Waals surface area contributed by atoms with E-state index >= 15 is 0 Å². The van der Waals surface area contributed by atoms with Crippen molar-refractivity contribution in [3.8, 4) is 11.5 Å². The molecule has 4 rings (SSSR count). The van der Waals surface area contributed by atoms with Gasteiger partial charge in [0.25, 0.3) is 5.91 Å². The van der Waals surface area contributed by atoms with E-state index in [1.54, 1.807) is 20.3 Å². The highest BCUT2D eigenvalue weighted by Gasteiger charge is 2.29. The van der Waals surface area contributed by atoms with E-state index in [4.69, 9.17) is 9.47 Å². The number of benzene rings is 2. The Morgan fingerprint density at radius 1 is 1.10 bits per heavy atom. The third-order valence-corrected chi connectivity index (χ3v) is 6.14. The summed E-state index contributed by atoms with van der Waals surface area (Å²) in [5.74, 6) is 1.35. The average molecular weight is 422 g/mol. The van der Waals surface area contributed by atoms with Gasteiger partial charge in [-0.05, 0) is 68.8 Å². The number of carbonyl (C=O) groups excluding carboxylic acids is 1. The Morgan fingerprint density at radius 2 is 1.87 bits per heavy atom. The summed E-state index contributed by atoms with van der Waals surface area (Å²) >= 11 is 0. The number of fused-ring (bicyclic) bond motifs is 2. The molecule has 1 N–H and O–H groups in total. The number of likely N-dealkylation sites (N-methyl/N-ethyl adjacent to an activating group) is 1. The van der Waals surface area contributed by atoms with Gasteiger partial charge in [0.15, 0.2) is 11.5 Å². The van der Waals surface area contributed by atoms with Crippen LogP contribution in [-0.2, 0) is 13.0 Å². The largest absolute Gasteiger partial charge is 0.493 e. The van der Waals surface area contributed by atoms with Crippen molar-refractivity contribution in [2.75, 3.05) is 40.9 Å². The Labute approximate surface area is 183 Å². The van der Waals surface area contributed by atoms with Crippen LogP contribution in [0.25, 0.3) is 10.9 Å². The Morgan fingerprint density at radius 3 is 2.65 bits per heavy atom. The number of nitrogens with one attached hydrogen (secondary N) is 1. The molecule has 31 heavy (non-hydrogen) atoms. The second kappa shape index (κ2) is 9.02. The summed E-state index contributed by atoms with van der Waals surface area (Å²) in [5, 5.41) is 1.32. The first-order chi connectivity index (χ1) is 15.0. The second-order valence-electron chi connectivity index (χ2n) is 8.36. The molecule has 164 valence electrons. The molecule has 0 unspecified atom stereocenters. The Bertz CT molecular complexity index is 1090. The van der Waals surface area contributed by atoms with Crippen molar-refractivity contribution in [3.05, 3.63) is 58.8 Å². The summed E-state index contributed by atoms with van der Waals surface area (Å²) in [4.78, 5) is 20.4. The van der Waals surface area contributed by atoms with Gasteiger partial charge >= 0.3 is 0 Å². The number of nitrogens with zero attached hydrogens (tertiary/aromatic N) is 2. The van der Waals surface area contributed by atoms with Gasteiger partial charge in [0.2, 0.25) is 0 Å². The van der Waals surface area contributed by atoms with Gasteiger partial charge in [-0.2, -0.15) is 0 Å². The zero-order chi connectivity index (χ0) is 22.0. The van der Waals surface area contributed by atoms with Gasteiger partial charge in [0.1, 0.15) is 0 Å². The van der Waals surface area contributed by atoms with Crippen LogP contribution >= 0.6 is 0 Å². The average Bonchev–Trinajstić information content (AvgIpc) is 3.31. The van der Waals surface area contributed by atoms with Crippen molar-refractivity contribution in [1.82, 2.24) is 14.8 Å². The number of hydrogen-bond acceptors (Lipinski definition) is 4. The van der Waals surface area contributed by atoms with Crippen LogP contribution in [0.5, 0.6) is 11.5 Å². The molecule has 6 heteroatoms. The highest BCUT2D eigenvalue weighted by atomic mass is 16.5. The molecule has 6 nitrogen and oxygen atoms in total. The van der Waals surface area contributed by atoms with Crippen molar-refractivity contribution in [2.24, 2.45) is 0 Å². The van der Waals surface area contributed by atoms with Gasteiger partial charge in [-0.1, -0.05) is 11.6 Å². The first-order valence-electron chi connectivity index (χ1n) is 10.8. The molecular formula is C25H31N3O3. The fraction of sp³-hybridized carbons (Fsp3) is 0.400. The summed E-state index contributed by atoms with van der Waals surface area (Å²) in [7, 11) is 5.36. The number of H-pyrrole nitrogens is 1. The molecule has 0 atom stereocenters. The highest BCUT2D eigenvalue weighted by molar-refractivity contribution is 5.99. The standard InChI is InChI=1S/C25H31N3O3/c1-17-6-7-22-20(12-17)18(15-26-22)8-11-27(2)9-5-10-28-16-19-13-23(30-3)24(31-4)14-21(19)25(28)29/h6-7,12-15,26H,5,8-11,16H2,1-4H3. The third kappa shape index (κ3) is 4.39. The van der Waals surface area contributed by atoms with Crippen molar-refractivity contribution in [2.45, 2.75) is 26.3 Å². The molecule has 0 saturated heterocycles. The van der Waals surface area contributed by atoms with Crippen molar-refractivity contribution in [3.63, 3.8) is 0 Å². The number of carbonyl (C=O) groups is 1. The maximum Gasteiger partial charge on any atom is 0.254 e. The van der Waals surface area contributed by atoms with Gasteiger partial charge < -0.3 is 24.3 Å². The smallest absolute Gasteiger partial charge is 0.254 e. The van der Waals surface area contributed by atoms with Gasteiger partial charge in [0.05, 0.1) is 14.2 Å². The molecule has 0 fully saturated rings. The van der Waals surface area contributed by atoms with Gasteiger partial charge in [-0.25, -0.2) is 0 Å². The number of rotatable bonds is 9. The van der Waals surface area contributed by atoms with Crippen molar-refractivity contribution < 1.29 is 14.3 Å². The van der Waals surface area contributed by atoms with Crippen LogP contribution in [0, 0.1) is 6.92 Å². The predicted molar refractivity (Wildman–Crippen MR) is 123 cm³/mol. The van der Waals surface area contributed by atoms with E-state index in [0.29, 0.717) is 18.0 Å². The van der Waals surface area contributed by atoms with Crippen molar-refractivity contribution in [1.29, 1.82) is 0 Å². The molecule has 1 aliphatic rings. The number of aromatic nitrogens is 1. The molecule has 3 aromatic rings. The molecule has 0 aliphatic carbocycles. The van der Waals surface area contributed by atoms with Crippen LogP contribution in [0.15, 0.2) is 36.5 Å². The van der Waals surface area contributed by atoms with E-state index in [0.717, 1.165) is 43.6 Å². The lowest BCUT2D eigenvalue weighted by Gasteiger charge is -2.20. The lowest BCUT2D eigenvalue weighted by atomic mass is 10.1. The van der Waals surface area contributed by atoms with Gasteiger partial charge in [-0.15, -0.1) is 0 Å². The third-order valence-electron chi connectivity index (χ3n) is 6.14. The van der Waals surface area contributed by atoms with E-state index in [1.807, 2.05) is 11.0 Å². The van der Waals surface area contributed by atoms with Crippen LogP contribution in [-0.4, -0.2) is 61.6 Å². The Kier molecular flexibility index (Phi) is 6.18. The molecule has 0 spiro atoms. The topological polar surface area (TPSA) is 57.8 Å². The zero-order valence-corrected chi connectivity index (χ0v) is 18.8. The molecule has 1 aromatic heterocycles. The Balaban J connectivity index is 1.28. The summed E-state index contributed by atoms with van der Waals surface area (Å²) in [6, 6.07) is 10.3. The number of ether oxygens (including phenoxy) is 2. The summed E-state index contributed by atoms with van der Waals surface area (Å²) < 4.78 is 10.7. The van der Waals surface area contributed by atoms with E-state index in [9.17, 15) is 4.79 Å². The monoisotopic (exact) mass is 421 g/mol. The first-order valence-corrected chi connectivity index (χ1v) is 10.8. The van der Waals surface area contributed by atoms with E-state index < -0.39 is 0 Å². The maximum atomic E-state index is 12.8. The van der Waals surface area contributed by atoms with E-state index in [1.165, 1.54) is 22.0 Å². The summed E-state index contributed by atoms with van der Waals surface area (Å²) in [5.41, 5.74) is 5.57. The van der Waals surface area contributed by atoms with Gasteiger partial charge in [-0.3, -0.25) is 4.79 Å². The van der Waals surface area contributed by atoms with E-state index in [2.05, 4.69) is 48.3 Å². The summed E-state index contributed by atoms with van der Waals surface area (Å²) in [6.45, 7) is 5.45. The first kappa shape index (κ1) is 21.2. The minimum absolute atomic E-state index is 0.0766. The number of aryl methyl sites for hydroxylation is 1. The normalized spacial score (nSPS) is 13.3. The van der Waals surface area contributed by atoms with Gasteiger partial charge in [0, 0.05) is 42.3 Å². The molecule has 0 radical (unpaired) electrons. The van der Waals surface area contributed by atoms with Crippen LogP contribution in [0.3, 0.4) is 0 Å². The molecular weight excluding hydrogens is 390 g/mol. The SMILES string of the molecule is COc1cc2c(cc1OC)C(=O)N(CCCN(C)CCc1c[nH]c3ccc(C)cc13)C2. The number of hydrogen-bond donors (Lipinski definition) is 1. The van der Waals surface area contributed by atoms with Crippen LogP contribution in [0.4, 0.5) is 0 Å². The number of methoxy groups -OCH3 is 2. The number of amides is 1.